The number of nitrogens with two attached hydrogens (primary N) is 1. The minimum absolute atomic E-state index is 0.0886. The van der Waals surface area contributed by atoms with Crippen molar-refractivity contribution >= 4 is 5.91 Å². The predicted octanol–water partition coefficient (Wildman–Crippen LogP) is 2.16. The van der Waals surface area contributed by atoms with Gasteiger partial charge < -0.3 is 11.1 Å². The van der Waals surface area contributed by atoms with Crippen LogP contribution in [0.2, 0.25) is 0 Å². The lowest BCUT2D eigenvalue weighted by atomic mass is 9.84. The summed E-state index contributed by atoms with van der Waals surface area (Å²) in [7, 11) is 0. The number of nitrogens with zero attached hydrogens (tertiary/aromatic N) is 1. The molecule has 0 saturated carbocycles. The fraction of sp³-hybridized carbons (Fsp3) is 0.600. The van der Waals surface area contributed by atoms with Crippen LogP contribution in [-0.4, -0.2) is 17.4 Å². The van der Waals surface area contributed by atoms with Gasteiger partial charge >= 0.3 is 0 Å². The maximum atomic E-state index is 11.8. The molecule has 4 heteroatoms. The molecule has 0 aliphatic rings. The maximum absolute atomic E-state index is 11.8. The van der Waals surface area contributed by atoms with Crippen LogP contribution in [0.15, 0.2) is 18.3 Å². The second-order valence-corrected chi connectivity index (χ2v) is 5.79. The summed E-state index contributed by atoms with van der Waals surface area (Å²) in [5, 5.41) is 2.92. The van der Waals surface area contributed by atoms with Crippen molar-refractivity contribution in [1.82, 2.24) is 10.3 Å². The molecule has 1 aromatic heterocycles. The van der Waals surface area contributed by atoms with E-state index in [4.69, 9.17) is 5.73 Å². The van der Waals surface area contributed by atoms with Crippen LogP contribution < -0.4 is 11.1 Å². The molecule has 0 bridgehead atoms. The molecule has 0 aromatic carbocycles. The van der Waals surface area contributed by atoms with Crippen molar-refractivity contribution in [3.05, 3.63) is 29.6 Å². The molecule has 1 aromatic rings. The molecule has 4 nitrogen and oxygen atoms in total. The van der Waals surface area contributed by atoms with E-state index in [-0.39, 0.29) is 11.3 Å². The Morgan fingerprint density at radius 1 is 1.37 bits per heavy atom. The summed E-state index contributed by atoms with van der Waals surface area (Å²) in [4.78, 5) is 16.0. The lowest BCUT2D eigenvalue weighted by Gasteiger charge is -2.23. The zero-order valence-corrected chi connectivity index (χ0v) is 12.2. The molecule has 0 aliphatic heterocycles. The number of carbonyl (C=O) groups excluding carboxylic acids is 1. The first-order valence-electron chi connectivity index (χ1n) is 6.81. The number of hydrogen-bond donors (Lipinski definition) is 2. The Kier molecular flexibility index (Phi) is 5.96. The number of hydrogen-bond acceptors (Lipinski definition) is 3. The molecule has 1 amide bonds. The lowest BCUT2D eigenvalue weighted by molar-refractivity contribution is -0.121. The van der Waals surface area contributed by atoms with E-state index in [9.17, 15) is 4.79 Å². The van der Waals surface area contributed by atoms with E-state index in [0.717, 1.165) is 24.1 Å². The number of nitrogens with one attached hydrogen (secondary N) is 1. The van der Waals surface area contributed by atoms with E-state index < -0.39 is 0 Å². The third-order valence-electron chi connectivity index (χ3n) is 3.31. The van der Waals surface area contributed by atoms with Crippen molar-refractivity contribution in [1.29, 1.82) is 0 Å². The average Bonchev–Trinajstić information content (AvgIpc) is 2.36. The SMILES string of the molecule is Cc1ccc(CNC(=O)CCC(C)(C)CCN)cn1. The Morgan fingerprint density at radius 3 is 2.68 bits per heavy atom. The highest BCUT2D eigenvalue weighted by Gasteiger charge is 2.18. The molecule has 106 valence electrons. The molecule has 0 fully saturated rings. The molecule has 1 rings (SSSR count). The van der Waals surface area contributed by atoms with E-state index in [1.54, 1.807) is 6.20 Å². The minimum atomic E-state index is 0.0886. The highest BCUT2D eigenvalue weighted by molar-refractivity contribution is 5.75. The predicted molar refractivity (Wildman–Crippen MR) is 77.5 cm³/mol. The molecule has 19 heavy (non-hydrogen) atoms. The van der Waals surface area contributed by atoms with Gasteiger partial charge in [-0.2, -0.15) is 0 Å². The summed E-state index contributed by atoms with van der Waals surface area (Å²) in [6.07, 6.45) is 4.16. The van der Waals surface area contributed by atoms with Crippen LogP contribution in [-0.2, 0) is 11.3 Å². The molecule has 0 radical (unpaired) electrons. The van der Waals surface area contributed by atoms with Gasteiger partial charge in [-0.15, -0.1) is 0 Å². The van der Waals surface area contributed by atoms with Crippen molar-refractivity contribution < 1.29 is 4.79 Å². The normalized spacial score (nSPS) is 11.4. The molecule has 0 atom stereocenters. The van der Waals surface area contributed by atoms with Crippen LogP contribution >= 0.6 is 0 Å². The molecule has 0 saturated heterocycles. The van der Waals surface area contributed by atoms with E-state index in [0.29, 0.717) is 19.5 Å². The number of carbonyl (C=O) groups is 1. The van der Waals surface area contributed by atoms with Crippen LogP contribution in [0.4, 0.5) is 0 Å². The van der Waals surface area contributed by atoms with Crippen molar-refractivity contribution in [2.24, 2.45) is 11.1 Å². The van der Waals surface area contributed by atoms with Crippen molar-refractivity contribution in [2.75, 3.05) is 6.54 Å². The van der Waals surface area contributed by atoms with Crippen molar-refractivity contribution in [2.45, 2.75) is 46.6 Å². The van der Waals surface area contributed by atoms with E-state index in [1.807, 2.05) is 19.1 Å². The van der Waals surface area contributed by atoms with Gasteiger partial charge in [-0.05, 0) is 43.4 Å². The monoisotopic (exact) mass is 263 g/mol. The maximum Gasteiger partial charge on any atom is 0.220 e. The van der Waals surface area contributed by atoms with Crippen LogP contribution in [0, 0.1) is 12.3 Å². The highest BCUT2D eigenvalue weighted by Crippen LogP contribution is 2.25. The number of pyridine rings is 1. The summed E-state index contributed by atoms with van der Waals surface area (Å²) in [6, 6.07) is 3.94. The first kappa shape index (κ1) is 15.6. The van der Waals surface area contributed by atoms with Crippen LogP contribution in [0.3, 0.4) is 0 Å². The topological polar surface area (TPSA) is 68.0 Å². The van der Waals surface area contributed by atoms with Gasteiger partial charge in [0.15, 0.2) is 0 Å². The second kappa shape index (κ2) is 7.24. The van der Waals surface area contributed by atoms with E-state index >= 15 is 0 Å². The summed E-state index contributed by atoms with van der Waals surface area (Å²) >= 11 is 0. The Bertz CT molecular complexity index is 398. The number of aryl methyl sites for hydroxylation is 1. The number of rotatable bonds is 7. The quantitative estimate of drug-likeness (QED) is 0.792. The van der Waals surface area contributed by atoms with Gasteiger partial charge in [-0.3, -0.25) is 9.78 Å². The smallest absolute Gasteiger partial charge is 0.220 e. The van der Waals surface area contributed by atoms with Gasteiger partial charge in [0.05, 0.1) is 0 Å². The van der Waals surface area contributed by atoms with E-state index in [1.165, 1.54) is 0 Å². The van der Waals surface area contributed by atoms with Gasteiger partial charge in [0.1, 0.15) is 0 Å². The second-order valence-electron chi connectivity index (χ2n) is 5.79. The summed E-state index contributed by atoms with van der Waals surface area (Å²) in [5.74, 6) is 0.0886. The Labute approximate surface area is 115 Å². The van der Waals surface area contributed by atoms with Crippen LogP contribution in [0.1, 0.15) is 44.4 Å². The average molecular weight is 263 g/mol. The van der Waals surface area contributed by atoms with Gasteiger partial charge in [0.2, 0.25) is 5.91 Å². The molecule has 0 aliphatic carbocycles. The highest BCUT2D eigenvalue weighted by atomic mass is 16.1. The van der Waals surface area contributed by atoms with Gasteiger partial charge in [0, 0.05) is 24.9 Å². The number of amides is 1. The Balaban J connectivity index is 2.30. The molecular weight excluding hydrogens is 238 g/mol. The fourth-order valence-electron chi connectivity index (χ4n) is 1.86. The first-order chi connectivity index (χ1) is 8.93. The standard InChI is InChI=1S/C15H25N3O/c1-12-4-5-13(10-17-12)11-18-14(19)6-7-15(2,3)8-9-16/h4-5,10H,6-9,11,16H2,1-3H3,(H,18,19). The van der Waals surface area contributed by atoms with Crippen LogP contribution in [0.5, 0.6) is 0 Å². The van der Waals surface area contributed by atoms with Gasteiger partial charge in [0.25, 0.3) is 0 Å². The third kappa shape index (κ3) is 6.34. The first-order valence-corrected chi connectivity index (χ1v) is 6.81. The minimum Gasteiger partial charge on any atom is -0.352 e. The third-order valence-corrected chi connectivity index (χ3v) is 3.31. The van der Waals surface area contributed by atoms with E-state index in [2.05, 4.69) is 24.1 Å². The molecule has 3 N–H and O–H groups in total. The summed E-state index contributed by atoms with van der Waals surface area (Å²) < 4.78 is 0. The lowest BCUT2D eigenvalue weighted by Crippen LogP contribution is -2.25. The van der Waals surface area contributed by atoms with Crippen molar-refractivity contribution in [3.63, 3.8) is 0 Å². The molecule has 1 heterocycles. The molecular formula is C15H25N3O. The fourth-order valence-corrected chi connectivity index (χ4v) is 1.86. The Morgan fingerprint density at radius 2 is 2.11 bits per heavy atom. The zero-order chi connectivity index (χ0) is 14.3. The van der Waals surface area contributed by atoms with Crippen molar-refractivity contribution in [3.8, 4) is 0 Å². The zero-order valence-electron chi connectivity index (χ0n) is 12.2. The van der Waals surface area contributed by atoms with Crippen LogP contribution in [0.25, 0.3) is 0 Å². The van der Waals surface area contributed by atoms with Gasteiger partial charge in [-0.25, -0.2) is 0 Å². The largest absolute Gasteiger partial charge is 0.352 e. The molecule has 0 spiro atoms. The summed E-state index contributed by atoms with van der Waals surface area (Å²) in [6.45, 7) is 7.46. The van der Waals surface area contributed by atoms with Gasteiger partial charge in [-0.1, -0.05) is 19.9 Å². The summed E-state index contributed by atoms with van der Waals surface area (Å²) in [5.41, 5.74) is 7.71. The number of aromatic nitrogens is 1. The molecule has 0 unspecified atom stereocenters. The Hall–Kier alpha value is -1.42.